The van der Waals surface area contributed by atoms with Crippen LogP contribution in [0.3, 0.4) is 0 Å². The van der Waals surface area contributed by atoms with E-state index < -0.39 is 16.5 Å². The Morgan fingerprint density at radius 3 is 2.62 bits per heavy atom. The van der Waals surface area contributed by atoms with Crippen molar-refractivity contribution >= 4 is 23.2 Å². The third-order valence-corrected chi connectivity index (χ3v) is 3.49. The zero-order valence-corrected chi connectivity index (χ0v) is 13.2. The largest absolute Gasteiger partial charge is 0.350 e. The first-order valence-electron chi connectivity index (χ1n) is 6.49. The maximum absolute atomic E-state index is 12.2. The normalized spacial score (nSPS) is 12.5. The fourth-order valence-electron chi connectivity index (χ4n) is 2.09. The third-order valence-electron chi connectivity index (χ3n) is 3.21. The summed E-state index contributed by atoms with van der Waals surface area (Å²) in [6, 6.07) is 1.42. The summed E-state index contributed by atoms with van der Waals surface area (Å²) in [5.41, 5.74) is -0.552. The first kappa shape index (κ1) is 17.3. The summed E-state index contributed by atoms with van der Waals surface area (Å²) in [6.45, 7) is 4.48. The quantitative estimate of drug-likeness (QED) is 0.492. The van der Waals surface area contributed by atoms with Crippen LogP contribution < -0.4 is 5.32 Å². The van der Waals surface area contributed by atoms with Crippen LogP contribution in [-0.2, 0) is 0 Å². The van der Waals surface area contributed by atoms with Gasteiger partial charge in [0, 0.05) is 18.8 Å². The molecule has 0 radical (unpaired) electrons. The van der Waals surface area contributed by atoms with Crippen molar-refractivity contribution in [1.82, 2.24) is 15.2 Å². The molecule has 0 aliphatic carbocycles. The van der Waals surface area contributed by atoms with E-state index in [0.29, 0.717) is 12.5 Å². The van der Waals surface area contributed by atoms with Gasteiger partial charge >= 0.3 is 5.69 Å². The summed E-state index contributed by atoms with van der Waals surface area (Å²) >= 11 is 5.69. The van der Waals surface area contributed by atoms with Crippen molar-refractivity contribution in [2.75, 3.05) is 20.6 Å². The molecule has 1 atom stereocenters. The minimum atomic E-state index is -0.698. The van der Waals surface area contributed by atoms with Crippen molar-refractivity contribution in [1.29, 1.82) is 0 Å². The molecule has 0 spiro atoms. The number of likely N-dealkylation sites (N-methyl/N-ethyl adjacent to an activating group) is 1. The number of nitrogens with one attached hydrogen (secondary N) is 1. The summed E-state index contributed by atoms with van der Waals surface area (Å²) in [4.78, 5) is 28.1. The van der Waals surface area contributed by atoms with Crippen LogP contribution in [0.1, 0.15) is 24.2 Å². The molecule has 0 aliphatic heterocycles. The molecule has 0 aliphatic rings. The lowest BCUT2D eigenvalue weighted by atomic mass is 10.0. The molecule has 1 N–H and O–H groups in total. The smallest absolute Gasteiger partial charge is 0.319 e. The highest BCUT2D eigenvalue weighted by atomic mass is 35.5. The highest BCUT2D eigenvalue weighted by Crippen LogP contribution is 2.25. The molecule has 0 saturated heterocycles. The van der Waals surface area contributed by atoms with Crippen molar-refractivity contribution in [2.24, 2.45) is 5.92 Å². The Bertz CT molecular complexity index is 526. The van der Waals surface area contributed by atoms with Crippen LogP contribution >= 0.6 is 11.6 Å². The van der Waals surface area contributed by atoms with E-state index in [1.807, 2.05) is 32.8 Å². The first-order chi connectivity index (χ1) is 9.75. The summed E-state index contributed by atoms with van der Waals surface area (Å²) < 4.78 is 0. The highest BCUT2D eigenvalue weighted by molar-refractivity contribution is 6.32. The number of aromatic nitrogens is 1. The van der Waals surface area contributed by atoms with Gasteiger partial charge in [-0.3, -0.25) is 14.9 Å². The van der Waals surface area contributed by atoms with Crippen molar-refractivity contribution in [3.63, 3.8) is 0 Å². The Balaban J connectivity index is 2.91. The molecule has 1 amide bonds. The predicted octanol–water partition coefficient (Wildman–Crippen LogP) is 1.96. The number of pyridine rings is 1. The zero-order chi connectivity index (χ0) is 16.2. The number of rotatable bonds is 6. The summed E-state index contributed by atoms with van der Waals surface area (Å²) in [5.74, 6) is -0.199. The van der Waals surface area contributed by atoms with Gasteiger partial charge in [-0.25, -0.2) is 4.98 Å². The lowest BCUT2D eigenvalue weighted by molar-refractivity contribution is -0.385. The summed E-state index contributed by atoms with van der Waals surface area (Å²) in [6.07, 6.45) is 1.27. The van der Waals surface area contributed by atoms with Crippen LogP contribution in [-0.4, -0.2) is 47.4 Å². The van der Waals surface area contributed by atoms with Gasteiger partial charge in [-0.2, -0.15) is 0 Å². The van der Waals surface area contributed by atoms with Crippen LogP contribution in [0, 0.1) is 16.0 Å². The number of carbonyl (C=O) groups is 1. The van der Waals surface area contributed by atoms with E-state index in [2.05, 4.69) is 10.3 Å². The van der Waals surface area contributed by atoms with Gasteiger partial charge < -0.3 is 10.2 Å². The Morgan fingerprint density at radius 1 is 1.52 bits per heavy atom. The molecule has 1 unspecified atom stereocenters. The van der Waals surface area contributed by atoms with E-state index in [1.54, 1.807) is 0 Å². The number of halogens is 1. The van der Waals surface area contributed by atoms with Crippen LogP contribution in [0.4, 0.5) is 5.69 Å². The number of hydrogen-bond acceptors (Lipinski definition) is 5. The Kier molecular flexibility index (Phi) is 6.04. The number of hydrogen-bond donors (Lipinski definition) is 1. The first-order valence-corrected chi connectivity index (χ1v) is 6.87. The van der Waals surface area contributed by atoms with Gasteiger partial charge in [0.25, 0.3) is 5.91 Å². The minimum absolute atomic E-state index is 0.0822. The van der Waals surface area contributed by atoms with Crippen LogP contribution in [0.15, 0.2) is 12.3 Å². The molecule has 1 rings (SSSR count). The summed E-state index contributed by atoms with van der Waals surface area (Å²) in [7, 11) is 3.84. The monoisotopic (exact) mass is 314 g/mol. The van der Waals surface area contributed by atoms with Crippen molar-refractivity contribution < 1.29 is 9.72 Å². The van der Waals surface area contributed by atoms with Crippen LogP contribution in [0.5, 0.6) is 0 Å². The molecule has 0 saturated carbocycles. The lowest BCUT2D eigenvalue weighted by Gasteiger charge is -2.28. The van der Waals surface area contributed by atoms with E-state index in [4.69, 9.17) is 11.6 Å². The second-order valence-corrected chi connectivity index (χ2v) is 5.60. The zero-order valence-electron chi connectivity index (χ0n) is 12.5. The fraction of sp³-hybridized carbons (Fsp3) is 0.538. The Morgan fingerprint density at radius 2 is 2.14 bits per heavy atom. The van der Waals surface area contributed by atoms with Crippen molar-refractivity contribution in [2.45, 2.75) is 19.9 Å². The fourth-order valence-corrected chi connectivity index (χ4v) is 2.32. The van der Waals surface area contributed by atoms with Gasteiger partial charge in [0.1, 0.15) is 5.56 Å². The molecular formula is C13H19ClN4O3. The van der Waals surface area contributed by atoms with E-state index in [1.165, 1.54) is 12.3 Å². The average molecular weight is 315 g/mol. The SMILES string of the molecule is CC(C)C(CNC(=O)c1ccnc(Cl)c1[N+](=O)[O-])N(C)C. The average Bonchev–Trinajstić information content (AvgIpc) is 2.36. The van der Waals surface area contributed by atoms with Crippen LogP contribution in [0.25, 0.3) is 0 Å². The second kappa shape index (κ2) is 7.33. The van der Waals surface area contributed by atoms with Crippen LogP contribution in [0.2, 0.25) is 5.15 Å². The van der Waals surface area contributed by atoms with E-state index in [9.17, 15) is 14.9 Å². The number of nitrogens with zero attached hydrogens (tertiary/aromatic N) is 3. The van der Waals surface area contributed by atoms with Gasteiger partial charge in [-0.1, -0.05) is 25.4 Å². The maximum Gasteiger partial charge on any atom is 0.319 e. The standard InChI is InChI=1S/C13H19ClN4O3/c1-8(2)10(17(3)4)7-16-13(19)9-5-6-15-12(14)11(9)18(20)21/h5-6,8,10H,7H2,1-4H3,(H,16,19). The van der Waals surface area contributed by atoms with Gasteiger partial charge in [0.15, 0.2) is 0 Å². The van der Waals surface area contributed by atoms with E-state index in [0.717, 1.165) is 0 Å². The highest BCUT2D eigenvalue weighted by Gasteiger charge is 2.25. The molecule has 1 aromatic rings. The van der Waals surface area contributed by atoms with E-state index in [-0.39, 0.29) is 16.8 Å². The molecule has 0 bridgehead atoms. The predicted molar refractivity (Wildman–Crippen MR) is 80.5 cm³/mol. The minimum Gasteiger partial charge on any atom is -0.350 e. The van der Waals surface area contributed by atoms with Gasteiger partial charge in [-0.15, -0.1) is 0 Å². The maximum atomic E-state index is 12.2. The van der Waals surface area contributed by atoms with E-state index >= 15 is 0 Å². The van der Waals surface area contributed by atoms with Gasteiger partial charge in [0.05, 0.1) is 4.92 Å². The Hall–Kier alpha value is -1.73. The molecule has 1 heterocycles. The lowest BCUT2D eigenvalue weighted by Crippen LogP contribution is -2.43. The molecule has 8 heteroatoms. The Labute approximate surface area is 128 Å². The molecule has 0 fully saturated rings. The van der Waals surface area contributed by atoms with Gasteiger partial charge in [-0.05, 0) is 26.1 Å². The summed E-state index contributed by atoms with van der Waals surface area (Å²) in [5, 5.41) is 13.4. The third kappa shape index (κ3) is 4.37. The number of carbonyl (C=O) groups excluding carboxylic acids is 1. The molecule has 7 nitrogen and oxygen atoms in total. The number of amides is 1. The molecular weight excluding hydrogens is 296 g/mol. The second-order valence-electron chi connectivity index (χ2n) is 5.24. The van der Waals surface area contributed by atoms with Crippen molar-refractivity contribution in [3.05, 3.63) is 33.1 Å². The van der Waals surface area contributed by atoms with Gasteiger partial charge in [0.2, 0.25) is 5.15 Å². The topological polar surface area (TPSA) is 88.4 Å². The molecule has 1 aromatic heterocycles. The molecule has 116 valence electrons. The number of nitro groups is 1. The van der Waals surface area contributed by atoms with Crippen molar-refractivity contribution in [3.8, 4) is 0 Å². The molecule has 0 aromatic carbocycles. The molecule has 21 heavy (non-hydrogen) atoms.